The molecule has 0 aromatic carbocycles. The molecule has 0 bridgehead atoms. The molecular formula is C18H11F6N7O. The van der Waals surface area contributed by atoms with Crippen LogP contribution < -0.4 is 5.32 Å². The highest BCUT2D eigenvalue weighted by molar-refractivity contribution is 6.05. The van der Waals surface area contributed by atoms with Gasteiger partial charge >= 0.3 is 12.4 Å². The first-order valence-corrected chi connectivity index (χ1v) is 8.74. The standard InChI is InChI=1S/C18H11F6N7O/c1-30-14(15(32)28-9-2-4-25-11(8-9)17(19,20)21)12(18(22,23)24)13(29-30)10-3-5-26-16-27-6-7-31(10)16/h2-8H,1H3,(H,25,28,32). The normalized spacial score (nSPS) is 12.3. The Morgan fingerprint density at radius 2 is 1.66 bits per heavy atom. The van der Waals surface area contributed by atoms with Gasteiger partial charge in [0.25, 0.3) is 5.91 Å². The van der Waals surface area contributed by atoms with Gasteiger partial charge in [-0.1, -0.05) is 0 Å². The molecule has 4 heterocycles. The summed E-state index contributed by atoms with van der Waals surface area (Å²) in [5.74, 6) is -1.18. The maximum Gasteiger partial charge on any atom is 0.433 e. The summed E-state index contributed by atoms with van der Waals surface area (Å²) < 4.78 is 82.6. The van der Waals surface area contributed by atoms with E-state index in [1.165, 1.54) is 29.1 Å². The summed E-state index contributed by atoms with van der Waals surface area (Å²) in [4.78, 5) is 23.7. The van der Waals surface area contributed by atoms with E-state index >= 15 is 0 Å². The lowest BCUT2D eigenvalue weighted by atomic mass is 10.1. The SMILES string of the molecule is Cn1nc(-c2ccnc3nccn23)c(C(F)(F)F)c1C(=O)Nc1ccnc(C(F)(F)F)c1. The third kappa shape index (κ3) is 3.74. The number of hydrogen-bond acceptors (Lipinski definition) is 5. The molecule has 0 aliphatic rings. The number of nitrogens with zero attached hydrogens (tertiary/aromatic N) is 6. The monoisotopic (exact) mass is 455 g/mol. The minimum absolute atomic E-state index is 0.0299. The number of imidazole rings is 1. The van der Waals surface area contributed by atoms with Crippen LogP contribution in [0.3, 0.4) is 0 Å². The number of fused-ring (bicyclic) bond motifs is 1. The van der Waals surface area contributed by atoms with Crippen LogP contribution in [0.15, 0.2) is 43.0 Å². The molecule has 14 heteroatoms. The van der Waals surface area contributed by atoms with Gasteiger partial charge in [-0.15, -0.1) is 0 Å². The zero-order valence-corrected chi connectivity index (χ0v) is 15.9. The number of anilines is 1. The van der Waals surface area contributed by atoms with Crippen LogP contribution in [-0.4, -0.2) is 35.0 Å². The fourth-order valence-corrected chi connectivity index (χ4v) is 3.11. The van der Waals surface area contributed by atoms with Gasteiger partial charge in [-0.25, -0.2) is 9.97 Å². The zero-order chi connectivity index (χ0) is 23.3. The van der Waals surface area contributed by atoms with Gasteiger partial charge in [0.1, 0.15) is 22.6 Å². The number of hydrogen-bond donors (Lipinski definition) is 1. The third-order valence-electron chi connectivity index (χ3n) is 4.40. The number of carbonyl (C=O) groups is 1. The molecule has 4 aromatic rings. The van der Waals surface area contributed by atoms with Crippen molar-refractivity contribution in [2.45, 2.75) is 12.4 Å². The van der Waals surface area contributed by atoms with Crippen molar-refractivity contribution in [1.82, 2.24) is 29.1 Å². The molecule has 0 radical (unpaired) electrons. The van der Waals surface area contributed by atoms with Gasteiger partial charge in [-0.2, -0.15) is 31.4 Å². The molecule has 0 saturated carbocycles. The van der Waals surface area contributed by atoms with E-state index < -0.39 is 40.9 Å². The van der Waals surface area contributed by atoms with Crippen molar-refractivity contribution in [1.29, 1.82) is 0 Å². The second kappa shape index (κ2) is 7.32. The van der Waals surface area contributed by atoms with E-state index in [0.717, 1.165) is 19.3 Å². The number of alkyl halides is 6. The van der Waals surface area contributed by atoms with Crippen molar-refractivity contribution in [3.63, 3.8) is 0 Å². The average Bonchev–Trinajstić information content (AvgIpc) is 3.31. The Morgan fingerprint density at radius 1 is 0.969 bits per heavy atom. The molecule has 0 aliphatic heterocycles. The Bertz CT molecular complexity index is 1320. The molecule has 0 fully saturated rings. The topological polar surface area (TPSA) is 90.0 Å². The minimum atomic E-state index is -5.01. The highest BCUT2D eigenvalue weighted by atomic mass is 19.4. The maximum absolute atomic E-state index is 14.0. The number of nitrogens with one attached hydrogen (secondary N) is 1. The highest BCUT2D eigenvalue weighted by Crippen LogP contribution is 2.39. The zero-order valence-electron chi connectivity index (χ0n) is 15.9. The van der Waals surface area contributed by atoms with Crippen LogP contribution in [0.25, 0.3) is 17.2 Å². The van der Waals surface area contributed by atoms with E-state index in [0.29, 0.717) is 10.7 Å². The smallest absolute Gasteiger partial charge is 0.321 e. The molecule has 166 valence electrons. The quantitative estimate of drug-likeness (QED) is 0.475. The average molecular weight is 455 g/mol. The second-order valence-corrected chi connectivity index (χ2v) is 6.50. The van der Waals surface area contributed by atoms with Gasteiger partial charge in [-0.3, -0.25) is 18.9 Å². The number of rotatable bonds is 3. The van der Waals surface area contributed by atoms with E-state index in [1.54, 1.807) is 0 Å². The molecule has 4 aromatic heterocycles. The predicted octanol–water partition coefficient (Wildman–Crippen LogP) is 3.81. The highest BCUT2D eigenvalue weighted by Gasteiger charge is 2.43. The number of carbonyl (C=O) groups excluding carboxylic acids is 1. The molecule has 0 aliphatic carbocycles. The van der Waals surface area contributed by atoms with Gasteiger partial charge in [0.05, 0.1) is 5.69 Å². The van der Waals surface area contributed by atoms with Gasteiger partial charge in [0.2, 0.25) is 5.78 Å². The maximum atomic E-state index is 14.0. The van der Waals surface area contributed by atoms with Gasteiger partial charge in [0.15, 0.2) is 0 Å². The van der Waals surface area contributed by atoms with Crippen molar-refractivity contribution in [2.75, 3.05) is 5.32 Å². The largest absolute Gasteiger partial charge is 0.433 e. The Labute approximate surface area is 174 Å². The molecule has 32 heavy (non-hydrogen) atoms. The number of aryl methyl sites for hydroxylation is 1. The van der Waals surface area contributed by atoms with Crippen molar-refractivity contribution in [2.24, 2.45) is 7.05 Å². The Morgan fingerprint density at radius 3 is 2.34 bits per heavy atom. The summed E-state index contributed by atoms with van der Waals surface area (Å²) in [5, 5.41) is 5.91. The summed E-state index contributed by atoms with van der Waals surface area (Å²) in [6.07, 6.45) is -5.08. The summed E-state index contributed by atoms with van der Waals surface area (Å²) in [6.45, 7) is 0. The second-order valence-electron chi connectivity index (χ2n) is 6.50. The molecule has 0 unspecified atom stereocenters. The lowest BCUT2D eigenvalue weighted by Gasteiger charge is -2.12. The Hall–Kier alpha value is -3.97. The third-order valence-corrected chi connectivity index (χ3v) is 4.40. The molecule has 4 rings (SSSR count). The van der Waals surface area contributed by atoms with Gasteiger partial charge < -0.3 is 5.32 Å². The van der Waals surface area contributed by atoms with Crippen LogP contribution in [0.1, 0.15) is 21.7 Å². The molecule has 1 N–H and O–H groups in total. The van der Waals surface area contributed by atoms with Crippen LogP contribution in [0.5, 0.6) is 0 Å². The summed E-state index contributed by atoms with van der Waals surface area (Å²) >= 11 is 0. The lowest BCUT2D eigenvalue weighted by molar-refractivity contribution is -0.141. The molecule has 0 spiro atoms. The van der Waals surface area contributed by atoms with Crippen molar-refractivity contribution < 1.29 is 31.1 Å². The fourth-order valence-electron chi connectivity index (χ4n) is 3.11. The molecule has 0 saturated heterocycles. The van der Waals surface area contributed by atoms with Crippen LogP contribution >= 0.6 is 0 Å². The summed E-state index contributed by atoms with van der Waals surface area (Å²) in [7, 11) is 1.12. The van der Waals surface area contributed by atoms with E-state index in [-0.39, 0.29) is 17.2 Å². The van der Waals surface area contributed by atoms with Gasteiger partial charge in [0, 0.05) is 37.5 Å². The molecule has 0 atom stereocenters. The van der Waals surface area contributed by atoms with Crippen molar-refractivity contribution >= 4 is 17.4 Å². The van der Waals surface area contributed by atoms with E-state index in [9.17, 15) is 31.1 Å². The van der Waals surface area contributed by atoms with E-state index in [1.807, 2.05) is 5.32 Å². The van der Waals surface area contributed by atoms with Crippen LogP contribution in [0.2, 0.25) is 0 Å². The minimum Gasteiger partial charge on any atom is -0.321 e. The first-order valence-electron chi connectivity index (χ1n) is 8.74. The summed E-state index contributed by atoms with van der Waals surface area (Å²) in [6, 6.07) is 2.81. The van der Waals surface area contributed by atoms with Crippen molar-refractivity contribution in [3.8, 4) is 11.4 Å². The van der Waals surface area contributed by atoms with Crippen LogP contribution in [0.4, 0.5) is 32.0 Å². The molecular weight excluding hydrogens is 444 g/mol. The number of aromatic nitrogens is 6. The van der Waals surface area contributed by atoms with Crippen LogP contribution in [0, 0.1) is 0 Å². The fraction of sp³-hybridized carbons (Fsp3) is 0.167. The summed E-state index contributed by atoms with van der Waals surface area (Å²) in [5.41, 5.74) is -4.53. The van der Waals surface area contributed by atoms with E-state index in [4.69, 9.17) is 0 Å². The number of halogens is 6. The predicted molar refractivity (Wildman–Crippen MR) is 97.4 cm³/mol. The first kappa shape index (κ1) is 21.3. The molecule has 1 amide bonds. The van der Waals surface area contributed by atoms with Gasteiger partial charge in [-0.05, 0) is 18.2 Å². The number of amides is 1. The molecule has 8 nitrogen and oxygen atoms in total. The van der Waals surface area contributed by atoms with Crippen LogP contribution in [-0.2, 0) is 19.4 Å². The first-order chi connectivity index (χ1) is 15.0. The van der Waals surface area contributed by atoms with Crippen molar-refractivity contribution in [3.05, 3.63) is 59.9 Å². The number of pyridine rings is 1. The van der Waals surface area contributed by atoms with E-state index in [2.05, 4.69) is 20.1 Å². The Kier molecular flexibility index (Phi) is 4.86. The Balaban J connectivity index is 1.82. The lowest BCUT2D eigenvalue weighted by Crippen LogP contribution is -2.21.